The van der Waals surface area contributed by atoms with Gasteiger partial charge in [0.05, 0.1) is 0 Å². The predicted molar refractivity (Wildman–Crippen MR) is 74.1 cm³/mol. The highest BCUT2D eigenvalue weighted by Gasteiger charge is 2.11. The van der Waals surface area contributed by atoms with Crippen LogP contribution in [0.25, 0.3) is 11.4 Å². The summed E-state index contributed by atoms with van der Waals surface area (Å²) >= 11 is 3.51. The van der Waals surface area contributed by atoms with E-state index < -0.39 is 0 Å². The number of rotatable bonds is 4. The molecule has 4 nitrogen and oxygen atoms in total. The number of halogens is 1. The maximum absolute atomic E-state index is 5.70. The van der Waals surface area contributed by atoms with Crippen LogP contribution in [0.15, 0.2) is 27.2 Å². The van der Waals surface area contributed by atoms with Gasteiger partial charge in [-0.1, -0.05) is 27.2 Å². The summed E-state index contributed by atoms with van der Waals surface area (Å²) in [5.74, 6) is 1.25. The molecular formula is C13H16BrN3O. The number of nitrogens with zero attached hydrogens (tertiary/aromatic N) is 2. The minimum absolute atomic E-state index is 0.145. The number of hydrogen-bond acceptors (Lipinski definition) is 4. The number of nitrogens with two attached hydrogens (primary N) is 1. The molecule has 5 heteroatoms. The van der Waals surface area contributed by atoms with Gasteiger partial charge in [-0.05, 0) is 38.0 Å². The monoisotopic (exact) mass is 309 g/mol. The van der Waals surface area contributed by atoms with Crippen molar-refractivity contribution in [2.75, 3.05) is 0 Å². The zero-order chi connectivity index (χ0) is 13.1. The molecule has 0 aliphatic heterocycles. The highest BCUT2D eigenvalue weighted by atomic mass is 79.9. The molecule has 0 radical (unpaired) electrons. The third kappa shape index (κ3) is 3.17. The van der Waals surface area contributed by atoms with Crippen LogP contribution in [0.3, 0.4) is 0 Å². The summed E-state index contributed by atoms with van der Waals surface area (Å²) in [5, 5.41) is 4.00. The Bertz CT molecular complexity index is 537. The SMILES string of the molecule is Cc1ccc(-c2noc(CCC(C)N)n2)c(Br)c1. The standard InChI is InChI=1S/C13H16BrN3O/c1-8-3-5-10(11(14)7-8)13-16-12(18-17-13)6-4-9(2)15/h3,5,7,9H,4,6,15H2,1-2H3. The van der Waals surface area contributed by atoms with Crippen molar-refractivity contribution >= 4 is 15.9 Å². The van der Waals surface area contributed by atoms with Crippen molar-refractivity contribution in [1.29, 1.82) is 0 Å². The fraction of sp³-hybridized carbons (Fsp3) is 0.385. The van der Waals surface area contributed by atoms with E-state index in [-0.39, 0.29) is 6.04 Å². The van der Waals surface area contributed by atoms with Crippen LogP contribution in [0.5, 0.6) is 0 Å². The molecule has 1 atom stereocenters. The van der Waals surface area contributed by atoms with Crippen molar-refractivity contribution in [2.45, 2.75) is 32.7 Å². The molecule has 0 saturated heterocycles. The van der Waals surface area contributed by atoms with E-state index in [1.165, 1.54) is 5.56 Å². The Hall–Kier alpha value is -1.20. The van der Waals surface area contributed by atoms with Gasteiger partial charge < -0.3 is 10.3 Å². The Labute approximate surface area is 115 Å². The number of benzene rings is 1. The minimum atomic E-state index is 0.145. The second kappa shape index (κ2) is 5.63. The van der Waals surface area contributed by atoms with E-state index in [2.05, 4.69) is 26.1 Å². The maximum atomic E-state index is 5.70. The van der Waals surface area contributed by atoms with Crippen LogP contribution >= 0.6 is 15.9 Å². The molecule has 2 rings (SSSR count). The van der Waals surface area contributed by atoms with Crippen LogP contribution in [0.1, 0.15) is 24.8 Å². The highest BCUT2D eigenvalue weighted by Crippen LogP contribution is 2.27. The quantitative estimate of drug-likeness (QED) is 0.942. The first-order chi connectivity index (χ1) is 8.56. The molecule has 0 bridgehead atoms. The van der Waals surface area contributed by atoms with E-state index in [1.807, 2.05) is 32.0 Å². The van der Waals surface area contributed by atoms with Gasteiger partial charge in [0, 0.05) is 22.5 Å². The Balaban J connectivity index is 2.18. The Morgan fingerprint density at radius 2 is 2.22 bits per heavy atom. The molecule has 1 aromatic heterocycles. The van der Waals surface area contributed by atoms with Gasteiger partial charge in [-0.2, -0.15) is 4.98 Å². The van der Waals surface area contributed by atoms with E-state index in [9.17, 15) is 0 Å². The van der Waals surface area contributed by atoms with Gasteiger partial charge in [0.1, 0.15) is 0 Å². The average molecular weight is 310 g/mol. The van der Waals surface area contributed by atoms with E-state index in [0.29, 0.717) is 18.1 Å². The van der Waals surface area contributed by atoms with Crippen LogP contribution < -0.4 is 5.73 Å². The van der Waals surface area contributed by atoms with Crippen molar-refractivity contribution in [3.63, 3.8) is 0 Å². The van der Waals surface area contributed by atoms with Crippen LogP contribution in [0.2, 0.25) is 0 Å². The lowest BCUT2D eigenvalue weighted by Gasteiger charge is -2.00. The molecular weight excluding hydrogens is 294 g/mol. The summed E-state index contributed by atoms with van der Waals surface area (Å²) < 4.78 is 6.19. The summed E-state index contributed by atoms with van der Waals surface area (Å²) in [6.07, 6.45) is 1.56. The van der Waals surface area contributed by atoms with Crippen molar-refractivity contribution in [2.24, 2.45) is 5.73 Å². The van der Waals surface area contributed by atoms with Crippen LogP contribution in [-0.4, -0.2) is 16.2 Å². The predicted octanol–water partition coefficient (Wildman–Crippen LogP) is 3.09. The molecule has 0 fully saturated rings. The molecule has 0 spiro atoms. The maximum Gasteiger partial charge on any atom is 0.227 e. The van der Waals surface area contributed by atoms with E-state index in [4.69, 9.17) is 10.3 Å². The molecule has 96 valence electrons. The zero-order valence-corrected chi connectivity index (χ0v) is 12.1. The lowest BCUT2D eigenvalue weighted by atomic mass is 10.1. The second-order valence-corrected chi connectivity index (χ2v) is 5.37. The molecule has 0 saturated carbocycles. The van der Waals surface area contributed by atoms with Gasteiger partial charge in [-0.25, -0.2) is 0 Å². The first-order valence-corrected chi connectivity index (χ1v) is 6.70. The first-order valence-electron chi connectivity index (χ1n) is 5.91. The normalized spacial score (nSPS) is 12.7. The largest absolute Gasteiger partial charge is 0.339 e. The molecule has 0 amide bonds. The molecule has 1 heterocycles. The molecule has 0 aliphatic rings. The molecule has 1 unspecified atom stereocenters. The lowest BCUT2D eigenvalue weighted by Crippen LogP contribution is -2.15. The summed E-state index contributed by atoms with van der Waals surface area (Å²) in [6, 6.07) is 6.19. The number of aromatic nitrogens is 2. The lowest BCUT2D eigenvalue weighted by molar-refractivity contribution is 0.372. The third-order valence-electron chi connectivity index (χ3n) is 2.65. The molecule has 18 heavy (non-hydrogen) atoms. The van der Waals surface area contributed by atoms with Gasteiger partial charge >= 0.3 is 0 Å². The van der Waals surface area contributed by atoms with Crippen LogP contribution in [-0.2, 0) is 6.42 Å². The van der Waals surface area contributed by atoms with E-state index in [0.717, 1.165) is 16.5 Å². The number of aryl methyl sites for hydroxylation is 2. The van der Waals surface area contributed by atoms with Gasteiger partial charge in [0.2, 0.25) is 11.7 Å². The third-order valence-corrected chi connectivity index (χ3v) is 3.30. The van der Waals surface area contributed by atoms with E-state index in [1.54, 1.807) is 0 Å². The van der Waals surface area contributed by atoms with Gasteiger partial charge in [-0.15, -0.1) is 0 Å². The van der Waals surface area contributed by atoms with Crippen LogP contribution in [0.4, 0.5) is 0 Å². The Morgan fingerprint density at radius 1 is 1.44 bits per heavy atom. The fourth-order valence-corrected chi connectivity index (χ4v) is 2.29. The topological polar surface area (TPSA) is 64.9 Å². The van der Waals surface area contributed by atoms with Crippen molar-refractivity contribution in [3.05, 3.63) is 34.1 Å². The zero-order valence-electron chi connectivity index (χ0n) is 10.5. The Kier molecular flexibility index (Phi) is 4.14. The average Bonchev–Trinajstić information content (AvgIpc) is 2.75. The molecule has 2 N–H and O–H groups in total. The van der Waals surface area contributed by atoms with Gasteiger partial charge in [-0.3, -0.25) is 0 Å². The fourth-order valence-electron chi connectivity index (χ4n) is 1.62. The van der Waals surface area contributed by atoms with E-state index >= 15 is 0 Å². The first kappa shape index (κ1) is 13.2. The minimum Gasteiger partial charge on any atom is -0.339 e. The molecule has 0 aliphatic carbocycles. The Morgan fingerprint density at radius 3 is 2.89 bits per heavy atom. The summed E-state index contributed by atoms with van der Waals surface area (Å²) in [5.41, 5.74) is 7.83. The van der Waals surface area contributed by atoms with Crippen molar-refractivity contribution in [3.8, 4) is 11.4 Å². The second-order valence-electron chi connectivity index (χ2n) is 4.51. The highest BCUT2D eigenvalue weighted by molar-refractivity contribution is 9.10. The number of hydrogen-bond donors (Lipinski definition) is 1. The summed E-state index contributed by atoms with van der Waals surface area (Å²) in [7, 11) is 0. The summed E-state index contributed by atoms with van der Waals surface area (Å²) in [6.45, 7) is 4.01. The molecule has 1 aromatic carbocycles. The van der Waals surface area contributed by atoms with Crippen molar-refractivity contribution < 1.29 is 4.52 Å². The van der Waals surface area contributed by atoms with Gasteiger partial charge in [0.25, 0.3) is 0 Å². The summed E-state index contributed by atoms with van der Waals surface area (Å²) in [4.78, 5) is 4.38. The van der Waals surface area contributed by atoms with Crippen LogP contribution in [0, 0.1) is 6.92 Å². The van der Waals surface area contributed by atoms with Gasteiger partial charge in [0.15, 0.2) is 0 Å². The molecule has 2 aromatic rings. The smallest absolute Gasteiger partial charge is 0.227 e. The van der Waals surface area contributed by atoms with Crippen molar-refractivity contribution in [1.82, 2.24) is 10.1 Å².